The highest BCUT2D eigenvalue weighted by atomic mass is 16.5. The lowest BCUT2D eigenvalue weighted by Gasteiger charge is -2.12. The molecule has 0 saturated heterocycles. The number of rotatable bonds is 10. The molecule has 3 heteroatoms. The first kappa shape index (κ1) is 13.9. The average Bonchev–Trinajstić information content (AvgIpc) is 2.19. The SMILES string of the molecule is CCCCOCC(N)COCCCC. The van der Waals surface area contributed by atoms with Crippen molar-refractivity contribution in [2.75, 3.05) is 26.4 Å². The quantitative estimate of drug-likeness (QED) is 0.552. The molecule has 0 aliphatic heterocycles. The van der Waals surface area contributed by atoms with Crippen LogP contribution in [0.2, 0.25) is 0 Å². The van der Waals surface area contributed by atoms with Crippen LogP contribution in [0, 0.1) is 0 Å². The summed E-state index contributed by atoms with van der Waals surface area (Å²) in [5.74, 6) is 0. The van der Waals surface area contributed by atoms with Crippen molar-refractivity contribution in [2.45, 2.75) is 45.6 Å². The summed E-state index contributed by atoms with van der Waals surface area (Å²) in [7, 11) is 0. The van der Waals surface area contributed by atoms with E-state index in [0.717, 1.165) is 26.1 Å². The summed E-state index contributed by atoms with van der Waals surface area (Å²) in [4.78, 5) is 0. The van der Waals surface area contributed by atoms with Gasteiger partial charge in [-0.2, -0.15) is 0 Å². The molecule has 0 rings (SSSR count). The monoisotopic (exact) mass is 203 g/mol. The predicted molar refractivity (Wildman–Crippen MR) is 59.4 cm³/mol. The van der Waals surface area contributed by atoms with Crippen LogP contribution in [0.3, 0.4) is 0 Å². The van der Waals surface area contributed by atoms with Gasteiger partial charge in [0, 0.05) is 13.2 Å². The summed E-state index contributed by atoms with van der Waals surface area (Å²) in [5, 5.41) is 0. The van der Waals surface area contributed by atoms with Gasteiger partial charge in [-0.1, -0.05) is 26.7 Å². The lowest BCUT2D eigenvalue weighted by Crippen LogP contribution is -2.31. The molecule has 2 N–H and O–H groups in total. The van der Waals surface area contributed by atoms with E-state index in [-0.39, 0.29) is 6.04 Å². The van der Waals surface area contributed by atoms with Crippen LogP contribution in [0.25, 0.3) is 0 Å². The molecule has 0 aromatic heterocycles. The van der Waals surface area contributed by atoms with Crippen LogP contribution >= 0.6 is 0 Å². The fourth-order valence-electron chi connectivity index (χ4n) is 1.01. The Balaban J connectivity index is 3.07. The highest BCUT2D eigenvalue weighted by Crippen LogP contribution is 1.92. The van der Waals surface area contributed by atoms with Crippen LogP contribution in [0.1, 0.15) is 39.5 Å². The van der Waals surface area contributed by atoms with E-state index in [4.69, 9.17) is 15.2 Å². The average molecular weight is 203 g/mol. The molecule has 3 nitrogen and oxygen atoms in total. The molecule has 0 saturated carbocycles. The standard InChI is InChI=1S/C11H25NO2/c1-3-5-7-13-9-11(12)10-14-8-6-4-2/h11H,3-10,12H2,1-2H3. The lowest BCUT2D eigenvalue weighted by atomic mass is 10.3. The third-order valence-corrected chi connectivity index (χ3v) is 1.95. The van der Waals surface area contributed by atoms with E-state index in [2.05, 4.69) is 13.8 Å². The van der Waals surface area contributed by atoms with Crippen LogP contribution in [-0.2, 0) is 9.47 Å². The van der Waals surface area contributed by atoms with Crippen LogP contribution in [0.15, 0.2) is 0 Å². The van der Waals surface area contributed by atoms with Crippen LogP contribution in [0.4, 0.5) is 0 Å². The van der Waals surface area contributed by atoms with Gasteiger partial charge >= 0.3 is 0 Å². The highest BCUT2D eigenvalue weighted by Gasteiger charge is 2.01. The van der Waals surface area contributed by atoms with E-state index in [0.29, 0.717) is 13.2 Å². The van der Waals surface area contributed by atoms with Gasteiger partial charge in [0.2, 0.25) is 0 Å². The highest BCUT2D eigenvalue weighted by molar-refractivity contribution is 4.57. The Kier molecular flexibility index (Phi) is 10.9. The molecule has 0 atom stereocenters. The molecule has 0 aromatic carbocycles. The van der Waals surface area contributed by atoms with Crippen molar-refractivity contribution in [3.8, 4) is 0 Å². The van der Waals surface area contributed by atoms with Crippen molar-refractivity contribution in [1.82, 2.24) is 0 Å². The zero-order chi connectivity index (χ0) is 10.6. The Morgan fingerprint density at radius 3 is 1.71 bits per heavy atom. The zero-order valence-corrected chi connectivity index (χ0v) is 9.63. The minimum atomic E-state index is 0.0312. The number of hydrogen-bond donors (Lipinski definition) is 1. The molecule has 0 fully saturated rings. The number of hydrogen-bond acceptors (Lipinski definition) is 3. The van der Waals surface area contributed by atoms with Gasteiger partial charge < -0.3 is 15.2 Å². The Labute approximate surface area is 88.0 Å². The van der Waals surface area contributed by atoms with E-state index >= 15 is 0 Å². The van der Waals surface area contributed by atoms with Gasteiger partial charge in [-0.05, 0) is 12.8 Å². The molecule has 0 aliphatic rings. The van der Waals surface area contributed by atoms with Gasteiger partial charge in [0.1, 0.15) is 0 Å². The molecular formula is C11H25NO2. The van der Waals surface area contributed by atoms with E-state index in [9.17, 15) is 0 Å². The third kappa shape index (κ3) is 9.96. The minimum absolute atomic E-state index is 0.0312. The Morgan fingerprint density at radius 2 is 1.36 bits per heavy atom. The van der Waals surface area contributed by atoms with Crippen molar-refractivity contribution in [1.29, 1.82) is 0 Å². The molecule has 86 valence electrons. The van der Waals surface area contributed by atoms with Crippen molar-refractivity contribution in [3.63, 3.8) is 0 Å². The van der Waals surface area contributed by atoms with Crippen LogP contribution < -0.4 is 5.73 Å². The molecule has 0 radical (unpaired) electrons. The minimum Gasteiger partial charge on any atom is -0.380 e. The van der Waals surface area contributed by atoms with Crippen molar-refractivity contribution in [3.05, 3.63) is 0 Å². The molecular weight excluding hydrogens is 178 g/mol. The van der Waals surface area contributed by atoms with Crippen LogP contribution in [0.5, 0.6) is 0 Å². The van der Waals surface area contributed by atoms with E-state index in [1.54, 1.807) is 0 Å². The van der Waals surface area contributed by atoms with E-state index < -0.39 is 0 Å². The first-order chi connectivity index (χ1) is 6.81. The van der Waals surface area contributed by atoms with E-state index in [1.807, 2.05) is 0 Å². The molecule has 0 unspecified atom stereocenters. The summed E-state index contributed by atoms with van der Waals surface area (Å²) in [6.45, 7) is 7.17. The molecule has 0 heterocycles. The smallest absolute Gasteiger partial charge is 0.0640 e. The summed E-state index contributed by atoms with van der Waals surface area (Å²) in [6, 6.07) is 0.0312. The largest absolute Gasteiger partial charge is 0.380 e. The predicted octanol–water partition coefficient (Wildman–Crippen LogP) is 1.95. The first-order valence-corrected chi connectivity index (χ1v) is 5.72. The third-order valence-electron chi connectivity index (χ3n) is 1.95. The first-order valence-electron chi connectivity index (χ1n) is 5.72. The topological polar surface area (TPSA) is 44.5 Å². The maximum Gasteiger partial charge on any atom is 0.0640 e. The van der Waals surface area contributed by atoms with Gasteiger partial charge in [-0.3, -0.25) is 0 Å². The second-order valence-corrected chi connectivity index (χ2v) is 3.62. The number of ether oxygens (including phenoxy) is 2. The summed E-state index contributed by atoms with van der Waals surface area (Å²) < 4.78 is 10.8. The Bertz CT molecular complexity index is 97.5. The molecule has 0 spiro atoms. The molecule has 0 bridgehead atoms. The van der Waals surface area contributed by atoms with E-state index in [1.165, 1.54) is 12.8 Å². The molecule has 0 amide bonds. The fraction of sp³-hybridized carbons (Fsp3) is 1.00. The second kappa shape index (κ2) is 11.0. The van der Waals surface area contributed by atoms with Crippen molar-refractivity contribution >= 4 is 0 Å². The zero-order valence-electron chi connectivity index (χ0n) is 9.63. The lowest BCUT2D eigenvalue weighted by molar-refractivity contribution is 0.0654. The van der Waals surface area contributed by atoms with Crippen molar-refractivity contribution in [2.24, 2.45) is 5.73 Å². The summed E-state index contributed by atoms with van der Waals surface area (Å²) in [5.41, 5.74) is 5.79. The van der Waals surface area contributed by atoms with Gasteiger partial charge in [0.05, 0.1) is 19.3 Å². The fourth-order valence-corrected chi connectivity index (χ4v) is 1.01. The number of unbranched alkanes of at least 4 members (excludes halogenated alkanes) is 2. The summed E-state index contributed by atoms with van der Waals surface area (Å²) in [6.07, 6.45) is 4.57. The maximum atomic E-state index is 5.79. The molecule has 14 heavy (non-hydrogen) atoms. The molecule has 0 aromatic rings. The maximum absolute atomic E-state index is 5.79. The molecule has 0 aliphatic carbocycles. The van der Waals surface area contributed by atoms with Gasteiger partial charge in [0.25, 0.3) is 0 Å². The summed E-state index contributed by atoms with van der Waals surface area (Å²) >= 11 is 0. The van der Waals surface area contributed by atoms with Crippen molar-refractivity contribution < 1.29 is 9.47 Å². The van der Waals surface area contributed by atoms with Gasteiger partial charge in [-0.15, -0.1) is 0 Å². The van der Waals surface area contributed by atoms with Crippen LogP contribution in [-0.4, -0.2) is 32.5 Å². The Morgan fingerprint density at radius 1 is 0.929 bits per heavy atom. The van der Waals surface area contributed by atoms with Gasteiger partial charge in [-0.25, -0.2) is 0 Å². The van der Waals surface area contributed by atoms with Gasteiger partial charge in [0.15, 0.2) is 0 Å². The Hall–Kier alpha value is -0.120. The normalized spacial score (nSPS) is 11.1. The second-order valence-electron chi connectivity index (χ2n) is 3.62. The number of nitrogens with two attached hydrogens (primary N) is 1.